The van der Waals surface area contributed by atoms with Crippen LogP contribution < -0.4 is 10.5 Å². The van der Waals surface area contributed by atoms with Crippen LogP contribution in [0.15, 0.2) is 35.7 Å². The first-order valence-electron chi connectivity index (χ1n) is 12.2. The zero-order valence-corrected chi connectivity index (χ0v) is 21.1. The van der Waals surface area contributed by atoms with Gasteiger partial charge in [0.1, 0.15) is 10.8 Å². The monoisotopic (exact) mass is 495 g/mol. The van der Waals surface area contributed by atoms with Crippen LogP contribution in [0.4, 0.5) is 0 Å². The lowest BCUT2D eigenvalue weighted by Gasteiger charge is -2.29. The van der Waals surface area contributed by atoms with Crippen molar-refractivity contribution >= 4 is 23.2 Å². The first-order chi connectivity index (χ1) is 16.9. The van der Waals surface area contributed by atoms with Crippen molar-refractivity contribution in [3.63, 3.8) is 0 Å². The lowest BCUT2D eigenvalue weighted by molar-refractivity contribution is -0.118. The number of aromatic carboxylic acids is 1. The van der Waals surface area contributed by atoms with Gasteiger partial charge in [-0.1, -0.05) is 44.2 Å². The molecule has 4 rings (SSSR count). The number of carbonyl (C=O) groups is 2. The molecule has 1 amide bonds. The molecule has 2 aromatic heterocycles. The van der Waals surface area contributed by atoms with Crippen molar-refractivity contribution in [1.29, 1.82) is 0 Å². The number of carbonyl (C=O) groups excluding carboxylic acids is 1. The molecular formula is C27H33N3O4S. The van der Waals surface area contributed by atoms with Gasteiger partial charge in [0.15, 0.2) is 0 Å². The highest BCUT2D eigenvalue weighted by molar-refractivity contribution is 7.13. The van der Waals surface area contributed by atoms with E-state index in [9.17, 15) is 14.7 Å². The van der Waals surface area contributed by atoms with Crippen LogP contribution >= 0.6 is 11.3 Å². The largest absolute Gasteiger partial charge is 0.497 e. The summed E-state index contributed by atoms with van der Waals surface area (Å²) in [7, 11) is 1.63. The van der Waals surface area contributed by atoms with Crippen molar-refractivity contribution in [2.75, 3.05) is 7.11 Å². The molecule has 186 valence electrons. The second kappa shape index (κ2) is 11.1. The molecule has 1 unspecified atom stereocenters. The summed E-state index contributed by atoms with van der Waals surface area (Å²) in [6.45, 7) is 1.85. The molecule has 0 spiro atoms. The number of carboxylic acids is 1. The fourth-order valence-electron chi connectivity index (χ4n) is 5.25. The SMILES string of the molecule is COc1cccc(-c2nc(-c3cc(C(=O)O)c(C)n3C(CCC(N)=O)CC3CCCCC3)cs2)c1. The maximum absolute atomic E-state index is 12.1. The molecule has 0 radical (unpaired) electrons. The Balaban J connectivity index is 1.75. The number of nitrogens with zero attached hydrogens (tertiary/aromatic N) is 2. The highest BCUT2D eigenvalue weighted by Gasteiger charge is 2.27. The van der Waals surface area contributed by atoms with Crippen molar-refractivity contribution in [2.45, 2.75) is 64.3 Å². The van der Waals surface area contributed by atoms with Crippen LogP contribution in [0.3, 0.4) is 0 Å². The number of benzene rings is 1. The van der Waals surface area contributed by atoms with Gasteiger partial charge in [0.25, 0.3) is 0 Å². The number of aromatic nitrogens is 2. The molecule has 1 aliphatic rings. The van der Waals surface area contributed by atoms with E-state index in [2.05, 4.69) is 4.57 Å². The number of hydrogen-bond acceptors (Lipinski definition) is 5. The van der Waals surface area contributed by atoms with Crippen molar-refractivity contribution < 1.29 is 19.4 Å². The summed E-state index contributed by atoms with van der Waals surface area (Å²) in [5.74, 6) is 0.0208. The van der Waals surface area contributed by atoms with E-state index in [0.29, 0.717) is 18.0 Å². The molecule has 8 heteroatoms. The Kier molecular flexibility index (Phi) is 7.90. The fourth-order valence-corrected chi connectivity index (χ4v) is 6.07. The van der Waals surface area contributed by atoms with Gasteiger partial charge in [-0.25, -0.2) is 9.78 Å². The first kappa shape index (κ1) is 25.0. The predicted octanol–water partition coefficient (Wildman–Crippen LogP) is 6.07. The van der Waals surface area contributed by atoms with Crippen molar-refractivity contribution in [3.8, 4) is 27.7 Å². The van der Waals surface area contributed by atoms with Gasteiger partial charge < -0.3 is 20.1 Å². The van der Waals surface area contributed by atoms with Gasteiger partial charge >= 0.3 is 5.97 Å². The van der Waals surface area contributed by atoms with E-state index in [-0.39, 0.29) is 23.9 Å². The molecule has 3 aromatic rings. The lowest BCUT2D eigenvalue weighted by atomic mass is 9.83. The summed E-state index contributed by atoms with van der Waals surface area (Å²) in [6.07, 6.45) is 7.81. The number of primary amides is 1. The van der Waals surface area contributed by atoms with E-state index in [1.807, 2.05) is 36.6 Å². The van der Waals surface area contributed by atoms with Gasteiger partial charge in [-0.15, -0.1) is 11.3 Å². The molecule has 7 nitrogen and oxygen atoms in total. The minimum Gasteiger partial charge on any atom is -0.497 e. The van der Waals surface area contributed by atoms with Gasteiger partial charge in [0, 0.05) is 29.1 Å². The molecule has 35 heavy (non-hydrogen) atoms. The third-order valence-electron chi connectivity index (χ3n) is 7.02. The van der Waals surface area contributed by atoms with Gasteiger partial charge in [-0.05, 0) is 43.9 Å². The number of thiazole rings is 1. The average Bonchev–Trinajstić information content (AvgIpc) is 3.47. The molecular weight excluding hydrogens is 462 g/mol. The van der Waals surface area contributed by atoms with E-state index in [1.54, 1.807) is 13.2 Å². The molecule has 0 saturated heterocycles. The molecule has 0 aliphatic heterocycles. The maximum Gasteiger partial charge on any atom is 0.337 e. The summed E-state index contributed by atoms with van der Waals surface area (Å²) in [6, 6.07) is 9.44. The Bertz CT molecular complexity index is 1190. The van der Waals surface area contributed by atoms with Crippen molar-refractivity contribution in [2.24, 2.45) is 11.7 Å². The second-order valence-electron chi connectivity index (χ2n) is 9.37. The van der Waals surface area contributed by atoms with Gasteiger partial charge in [-0.3, -0.25) is 4.79 Å². The molecule has 1 fully saturated rings. The van der Waals surface area contributed by atoms with Crippen LogP contribution in [0.25, 0.3) is 22.0 Å². The number of nitrogens with two attached hydrogens (primary N) is 1. The number of methoxy groups -OCH3 is 1. The van der Waals surface area contributed by atoms with Crippen molar-refractivity contribution in [1.82, 2.24) is 9.55 Å². The molecule has 2 heterocycles. The van der Waals surface area contributed by atoms with E-state index >= 15 is 0 Å². The normalized spacial score (nSPS) is 15.1. The maximum atomic E-state index is 12.1. The van der Waals surface area contributed by atoms with Crippen LogP contribution in [0.5, 0.6) is 5.75 Å². The standard InChI is InChI=1S/C27H33N3O4S/c1-17-22(27(32)33)15-24(23-16-35-26(29-23)19-9-6-10-21(14-19)34-2)30(17)20(11-12-25(28)31)13-18-7-4-3-5-8-18/h6,9-10,14-16,18,20H,3-5,7-8,11-13H2,1-2H3,(H2,28,31)(H,32,33). The van der Waals surface area contributed by atoms with Crippen LogP contribution in [-0.2, 0) is 4.79 Å². The van der Waals surface area contributed by atoms with E-state index in [0.717, 1.165) is 34.1 Å². The average molecular weight is 496 g/mol. The van der Waals surface area contributed by atoms with E-state index in [1.165, 1.54) is 43.4 Å². The van der Waals surface area contributed by atoms with Crippen LogP contribution in [0.1, 0.15) is 73.5 Å². The number of hydrogen-bond donors (Lipinski definition) is 2. The minimum absolute atomic E-state index is 0.0179. The Morgan fingerprint density at radius 3 is 2.71 bits per heavy atom. The van der Waals surface area contributed by atoms with Crippen LogP contribution in [0, 0.1) is 12.8 Å². The first-order valence-corrected chi connectivity index (χ1v) is 13.1. The predicted molar refractivity (Wildman–Crippen MR) is 138 cm³/mol. The fraction of sp³-hybridized carbons (Fsp3) is 0.444. The minimum atomic E-state index is -0.961. The quantitative estimate of drug-likeness (QED) is 0.355. The zero-order chi connectivity index (χ0) is 24.9. The molecule has 0 bridgehead atoms. The molecule has 1 atom stereocenters. The summed E-state index contributed by atoms with van der Waals surface area (Å²) in [4.78, 5) is 28.6. The molecule has 1 aliphatic carbocycles. The lowest BCUT2D eigenvalue weighted by Crippen LogP contribution is -2.21. The number of ether oxygens (including phenoxy) is 1. The molecule has 3 N–H and O–H groups in total. The summed E-state index contributed by atoms with van der Waals surface area (Å²) < 4.78 is 7.45. The third-order valence-corrected chi connectivity index (χ3v) is 7.92. The topological polar surface area (TPSA) is 107 Å². The van der Waals surface area contributed by atoms with Crippen LogP contribution in [0.2, 0.25) is 0 Å². The third kappa shape index (κ3) is 5.75. The molecule has 1 aromatic carbocycles. The summed E-state index contributed by atoms with van der Waals surface area (Å²) >= 11 is 1.51. The van der Waals surface area contributed by atoms with Gasteiger partial charge in [-0.2, -0.15) is 0 Å². The Morgan fingerprint density at radius 1 is 1.26 bits per heavy atom. The highest BCUT2D eigenvalue weighted by atomic mass is 32.1. The summed E-state index contributed by atoms with van der Waals surface area (Å²) in [5, 5.41) is 12.7. The van der Waals surface area contributed by atoms with E-state index < -0.39 is 5.97 Å². The number of amides is 1. The van der Waals surface area contributed by atoms with Gasteiger partial charge in [0.2, 0.25) is 5.91 Å². The highest BCUT2D eigenvalue weighted by Crippen LogP contribution is 2.39. The second-order valence-corrected chi connectivity index (χ2v) is 10.2. The van der Waals surface area contributed by atoms with Gasteiger partial charge in [0.05, 0.1) is 24.1 Å². The van der Waals surface area contributed by atoms with Crippen molar-refractivity contribution in [3.05, 3.63) is 47.0 Å². The number of rotatable bonds is 10. The zero-order valence-electron chi connectivity index (χ0n) is 20.3. The Morgan fingerprint density at radius 2 is 2.03 bits per heavy atom. The summed E-state index contributed by atoms with van der Waals surface area (Å²) in [5.41, 5.74) is 8.93. The Labute approximate surface area is 209 Å². The van der Waals surface area contributed by atoms with Crippen LogP contribution in [-0.4, -0.2) is 33.6 Å². The molecule has 1 saturated carbocycles. The Hall–Kier alpha value is -3.13. The smallest absolute Gasteiger partial charge is 0.337 e. The van der Waals surface area contributed by atoms with E-state index in [4.69, 9.17) is 15.5 Å². The number of carboxylic acid groups (broad SMARTS) is 1.